The van der Waals surface area contributed by atoms with Crippen LogP contribution in [0.15, 0.2) is 48.9 Å². The van der Waals surface area contributed by atoms with Gasteiger partial charge in [0, 0.05) is 19.3 Å². The number of carbonyl (C=O) groups excluding carboxylic acids is 1. The molecule has 1 aliphatic heterocycles. The van der Waals surface area contributed by atoms with Gasteiger partial charge in [-0.2, -0.15) is 20.3 Å². The van der Waals surface area contributed by atoms with Gasteiger partial charge in [-0.25, -0.2) is 4.98 Å². The number of piperidine rings is 1. The summed E-state index contributed by atoms with van der Waals surface area (Å²) in [5.41, 5.74) is 2.82. The molecular formula is C23H25N7O. The zero-order valence-corrected chi connectivity index (χ0v) is 17.7. The van der Waals surface area contributed by atoms with Gasteiger partial charge in [0.2, 0.25) is 0 Å². The molecule has 8 heteroatoms. The fourth-order valence-electron chi connectivity index (χ4n) is 4.08. The highest BCUT2D eigenvalue weighted by Crippen LogP contribution is 2.27. The van der Waals surface area contributed by atoms with E-state index in [0.717, 1.165) is 18.4 Å². The highest BCUT2D eigenvalue weighted by Gasteiger charge is 2.33. The Labute approximate surface area is 181 Å². The molecular weight excluding hydrogens is 390 g/mol. The molecule has 31 heavy (non-hydrogen) atoms. The molecule has 1 saturated heterocycles. The number of anilines is 1. The van der Waals surface area contributed by atoms with Gasteiger partial charge in [0.1, 0.15) is 11.9 Å². The van der Waals surface area contributed by atoms with Crippen molar-refractivity contribution in [1.82, 2.24) is 24.9 Å². The number of likely N-dealkylation sites (tertiary alicyclic amines) is 1. The molecule has 1 N–H and O–H groups in total. The zero-order chi connectivity index (χ0) is 21.8. The molecule has 0 saturated carbocycles. The minimum atomic E-state index is -0.0119. The normalized spacial score (nSPS) is 18.4. The average Bonchev–Trinajstić information content (AvgIpc) is 3.32. The Morgan fingerprint density at radius 3 is 2.77 bits per heavy atom. The van der Waals surface area contributed by atoms with Crippen molar-refractivity contribution >= 4 is 11.7 Å². The first-order valence-electron chi connectivity index (χ1n) is 10.4. The molecule has 2 aromatic heterocycles. The van der Waals surface area contributed by atoms with Gasteiger partial charge in [-0.15, -0.1) is 0 Å². The number of benzene rings is 1. The van der Waals surface area contributed by atoms with E-state index >= 15 is 0 Å². The number of amides is 1. The number of nitrogens with zero attached hydrogens (tertiary/aromatic N) is 6. The van der Waals surface area contributed by atoms with Crippen LogP contribution in [0.25, 0.3) is 5.69 Å². The van der Waals surface area contributed by atoms with Crippen molar-refractivity contribution in [3.8, 4) is 11.8 Å². The van der Waals surface area contributed by atoms with Crippen LogP contribution in [-0.2, 0) is 0 Å². The van der Waals surface area contributed by atoms with Crippen LogP contribution >= 0.6 is 0 Å². The number of carbonyl (C=O) groups is 1. The van der Waals surface area contributed by atoms with Gasteiger partial charge in [-0.3, -0.25) is 4.79 Å². The first kappa shape index (κ1) is 20.5. The van der Waals surface area contributed by atoms with E-state index in [1.807, 2.05) is 30.0 Å². The van der Waals surface area contributed by atoms with Gasteiger partial charge in [-0.05, 0) is 49.9 Å². The lowest BCUT2D eigenvalue weighted by molar-refractivity contribution is 0.0539. The van der Waals surface area contributed by atoms with E-state index in [2.05, 4.69) is 33.5 Å². The first-order chi connectivity index (χ1) is 15.1. The third-order valence-electron chi connectivity index (χ3n) is 5.78. The van der Waals surface area contributed by atoms with Gasteiger partial charge in [0.25, 0.3) is 5.91 Å². The third kappa shape index (κ3) is 4.40. The van der Waals surface area contributed by atoms with Crippen LogP contribution in [0.1, 0.15) is 41.3 Å². The summed E-state index contributed by atoms with van der Waals surface area (Å²) in [6, 6.07) is 11.4. The van der Waals surface area contributed by atoms with Crippen molar-refractivity contribution in [1.29, 1.82) is 5.26 Å². The summed E-state index contributed by atoms with van der Waals surface area (Å²) >= 11 is 0. The third-order valence-corrected chi connectivity index (χ3v) is 5.78. The predicted octanol–water partition coefficient (Wildman–Crippen LogP) is 3.20. The molecule has 1 unspecified atom stereocenters. The minimum Gasteiger partial charge on any atom is -0.368 e. The molecule has 0 aliphatic carbocycles. The fourth-order valence-corrected chi connectivity index (χ4v) is 4.08. The molecule has 1 amide bonds. The van der Waals surface area contributed by atoms with E-state index in [9.17, 15) is 4.79 Å². The Morgan fingerprint density at radius 1 is 1.26 bits per heavy atom. The number of nitriles is 1. The molecule has 2 atom stereocenters. The van der Waals surface area contributed by atoms with Crippen LogP contribution in [0.5, 0.6) is 0 Å². The molecule has 1 aromatic carbocycles. The second-order valence-electron chi connectivity index (χ2n) is 7.95. The molecule has 0 radical (unpaired) electrons. The number of aromatic nitrogens is 4. The molecule has 8 nitrogen and oxygen atoms in total. The summed E-state index contributed by atoms with van der Waals surface area (Å²) in [6.45, 7) is 5.46. The van der Waals surface area contributed by atoms with E-state index in [4.69, 9.17) is 5.26 Å². The van der Waals surface area contributed by atoms with E-state index in [1.165, 1.54) is 4.80 Å². The molecule has 1 aliphatic rings. The summed E-state index contributed by atoms with van der Waals surface area (Å²) in [7, 11) is 0. The van der Waals surface area contributed by atoms with Crippen LogP contribution in [-0.4, -0.2) is 49.9 Å². The number of pyridine rings is 1. The van der Waals surface area contributed by atoms with E-state index in [-0.39, 0.29) is 11.9 Å². The zero-order valence-electron chi connectivity index (χ0n) is 17.7. The van der Waals surface area contributed by atoms with Crippen molar-refractivity contribution in [3.05, 3.63) is 65.6 Å². The van der Waals surface area contributed by atoms with Gasteiger partial charge >= 0.3 is 0 Å². The number of nitrogens with one attached hydrogen (secondary N) is 1. The van der Waals surface area contributed by atoms with E-state index in [0.29, 0.717) is 41.6 Å². The number of hydrogen-bond donors (Lipinski definition) is 1. The van der Waals surface area contributed by atoms with Crippen molar-refractivity contribution in [3.63, 3.8) is 0 Å². The SMILES string of the molecule is Cc1ccc(-n2nccn2)c(C(=O)N2CCC[C@@H](C)C2CNc2ccc(C#N)cn2)c1. The smallest absolute Gasteiger partial charge is 0.256 e. The molecule has 158 valence electrons. The average molecular weight is 416 g/mol. The predicted molar refractivity (Wildman–Crippen MR) is 117 cm³/mol. The number of hydrogen-bond acceptors (Lipinski definition) is 6. The molecule has 0 bridgehead atoms. The van der Waals surface area contributed by atoms with Crippen LogP contribution in [0.2, 0.25) is 0 Å². The molecule has 0 spiro atoms. The lowest BCUT2D eigenvalue weighted by Crippen LogP contribution is -2.51. The Kier molecular flexibility index (Phi) is 5.94. The Balaban J connectivity index is 1.58. The van der Waals surface area contributed by atoms with Crippen molar-refractivity contribution in [2.45, 2.75) is 32.7 Å². The second-order valence-corrected chi connectivity index (χ2v) is 7.95. The van der Waals surface area contributed by atoms with Crippen molar-refractivity contribution < 1.29 is 4.79 Å². The van der Waals surface area contributed by atoms with Crippen LogP contribution in [0, 0.1) is 24.2 Å². The van der Waals surface area contributed by atoms with E-state index < -0.39 is 0 Å². The van der Waals surface area contributed by atoms with Crippen molar-refractivity contribution in [2.24, 2.45) is 5.92 Å². The van der Waals surface area contributed by atoms with Gasteiger partial charge in [0.05, 0.1) is 35.2 Å². The maximum absolute atomic E-state index is 13.7. The topological polar surface area (TPSA) is 99.7 Å². The first-order valence-corrected chi connectivity index (χ1v) is 10.4. The lowest BCUT2D eigenvalue weighted by Gasteiger charge is -2.40. The molecule has 4 rings (SSSR count). The van der Waals surface area contributed by atoms with Gasteiger partial charge < -0.3 is 10.2 Å². The van der Waals surface area contributed by atoms with Crippen molar-refractivity contribution in [2.75, 3.05) is 18.4 Å². The summed E-state index contributed by atoms with van der Waals surface area (Å²) in [4.78, 5) is 21.4. The van der Waals surface area contributed by atoms with Crippen LogP contribution < -0.4 is 5.32 Å². The maximum Gasteiger partial charge on any atom is 0.256 e. The highest BCUT2D eigenvalue weighted by atomic mass is 16.2. The standard InChI is InChI=1S/C23H25N7O/c1-16-5-7-20(30-27-9-10-28-30)19(12-16)23(31)29-11-3-4-17(2)21(29)15-26-22-8-6-18(13-24)14-25-22/h5-10,12,14,17,21H,3-4,11,15H2,1-2H3,(H,25,26)/t17-,21?/m1/s1. The fraction of sp³-hybridized carbons (Fsp3) is 0.348. The molecule has 3 heterocycles. The lowest BCUT2D eigenvalue weighted by atomic mass is 9.89. The minimum absolute atomic E-state index is 0.0119. The Hall–Kier alpha value is -3.73. The maximum atomic E-state index is 13.7. The van der Waals surface area contributed by atoms with E-state index in [1.54, 1.807) is 30.7 Å². The summed E-state index contributed by atoms with van der Waals surface area (Å²) in [5, 5.41) is 20.7. The van der Waals surface area contributed by atoms with Gasteiger partial charge in [0.15, 0.2) is 0 Å². The quantitative estimate of drug-likeness (QED) is 0.687. The molecule has 1 fully saturated rings. The molecule has 3 aromatic rings. The van der Waals surface area contributed by atoms with Crippen LogP contribution in [0.3, 0.4) is 0 Å². The highest BCUT2D eigenvalue weighted by molar-refractivity contribution is 5.98. The monoisotopic (exact) mass is 415 g/mol. The number of rotatable bonds is 5. The summed E-state index contributed by atoms with van der Waals surface area (Å²) in [6.07, 6.45) is 6.80. The summed E-state index contributed by atoms with van der Waals surface area (Å²) < 4.78 is 0. The second kappa shape index (κ2) is 8.96. The summed E-state index contributed by atoms with van der Waals surface area (Å²) in [5.74, 6) is 1.03. The Bertz CT molecular complexity index is 1090. The Morgan fingerprint density at radius 2 is 2.06 bits per heavy atom. The van der Waals surface area contributed by atoms with Crippen LogP contribution in [0.4, 0.5) is 5.82 Å². The van der Waals surface area contributed by atoms with Gasteiger partial charge in [-0.1, -0.05) is 18.6 Å². The largest absolute Gasteiger partial charge is 0.368 e. The number of aryl methyl sites for hydroxylation is 1.